The lowest BCUT2D eigenvalue weighted by Crippen LogP contribution is -2.12. The smallest absolute Gasteiger partial charge is 0.123 e. The van der Waals surface area contributed by atoms with Gasteiger partial charge in [0, 0.05) is 12.8 Å². The lowest BCUT2D eigenvalue weighted by molar-refractivity contribution is 0.254. The maximum Gasteiger partial charge on any atom is 0.123 e. The summed E-state index contributed by atoms with van der Waals surface area (Å²) in [4.78, 5) is 0. The van der Waals surface area contributed by atoms with Crippen molar-refractivity contribution in [3.8, 4) is 11.5 Å². The first-order chi connectivity index (χ1) is 10.2. The molecule has 0 spiro atoms. The number of hydrogen-bond donors (Lipinski definition) is 1. The molecule has 108 valence electrons. The summed E-state index contributed by atoms with van der Waals surface area (Å²) in [7, 11) is 0. The molecule has 21 heavy (non-hydrogen) atoms. The summed E-state index contributed by atoms with van der Waals surface area (Å²) >= 11 is 0. The van der Waals surface area contributed by atoms with E-state index in [2.05, 4.69) is 31.2 Å². The highest BCUT2D eigenvalue weighted by Gasteiger charge is 2.21. The Morgan fingerprint density at radius 1 is 1.05 bits per heavy atom. The molecule has 2 aromatic carbocycles. The molecular formula is C18H19NO2. The Balaban J connectivity index is 1.66. The highest BCUT2D eigenvalue weighted by atomic mass is 16.5. The van der Waals surface area contributed by atoms with E-state index in [1.54, 1.807) is 0 Å². The van der Waals surface area contributed by atoms with Gasteiger partial charge in [-0.2, -0.15) is 0 Å². The summed E-state index contributed by atoms with van der Waals surface area (Å²) in [5, 5.41) is 0. The lowest BCUT2D eigenvalue weighted by Gasteiger charge is -2.14. The van der Waals surface area contributed by atoms with Crippen LogP contribution in [0.5, 0.6) is 11.5 Å². The van der Waals surface area contributed by atoms with E-state index in [9.17, 15) is 0 Å². The van der Waals surface area contributed by atoms with Crippen LogP contribution in [0.15, 0.2) is 36.4 Å². The third-order valence-electron chi connectivity index (χ3n) is 4.35. The van der Waals surface area contributed by atoms with E-state index < -0.39 is 0 Å². The summed E-state index contributed by atoms with van der Waals surface area (Å²) in [5.41, 5.74) is 11.3. The van der Waals surface area contributed by atoms with Crippen molar-refractivity contribution >= 4 is 0 Å². The van der Waals surface area contributed by atoms with Crippen LogP contribution in [0.4, 0.5) is 0 Å². The fraction of sp³-hybridized carbons (Fsp3) is 0.333. The van der Waals surface area contributed by atoms with E-state index in [4.69, 9.17) is 15.2 Å². The Morgan fingerprint density at radius 3 is 2.57 bits per heavy atom. The molecule has 3 nitrogen and oxygen atoms in total. The Kier molecular flexibility index (Phi) is 2.89. The number of fused-ring (bicyclic) bond motifs is 2. The molecule has 0 radical (unpaired) electrons. The maximum atomic E-state index is 6.46. The maximum absolute atomic E-state index is 6.46. The van der Waals surface area contributed by atoms with E-state index in [1.165, 1.54) is 11.1 Å². The highest BCUT2D eigenvalue weighted by molar-refractivity contribution is 5.46. The number of benzene rings is 2. The van der Waals surface area contributed by atoms with Crippen LogP contribution in [-0.4, -0.2) is 12.7 Å². The summed E-state index contributed by atoms with van der Waals surface area (Å²) < 4.78 is 11.3. The molecule has 2 atom stereocenters. The Hall–Kier alpha value is -2.00. The van der Waals surface area contributed by atoms with Crippen LogP contribution in [0, 0.1) is 0 Å². The molecule has 0 saturated carbocycles. The molecule has 2 aliphatic rings. The molecule has 3 heteroatoms. The average Bonchev–Trinajstić information content (AvgIpc) is 3.09. The third-order valence-corrected chi connectivity index (χ3v) is 4.35. The second-order valence-corrected chi connectivity index (χ2v) is 5.94. The van der Waals surface area contributed by atoms with Crippen LogP contribution >= 0.6 is 0 Å². The van der Waals surface area contributed by atoms with Gasteiger partial charge in [0.15, 0.2) is 0 Å². The van der Waals surface area contributed by atoms with Crippen molar-refractivity contribution in [2.24, 2.45) is 5.73 Å². The number of nitrogens with two attached hydrogens (primary N) is 1. The molecule has 0 aromatic heterocycles. The summed E-state index contributed by atoms with van der Waals surface area (Å²) in [6.07, 6.45) is 2.21. The molecule has 2 aromatic rings. The molecule has 0 fully saturated rings. The fourth-order valence-corrected chi connectivity index (χ4v) is 3.23. The minimum atomic E-state index is -0.0999. The van der Waals surface area contributed by atoms with E-state index in [0.29, 0.717) is 0 Å². The third kappa shape index (κ3) is 2.18. The zero-order valence-electron chi connectivity index (χ0n) is 12.1. The quantitative estimate of drug-likeness (QED) is 0.920. The fourth-order valence-electron chi connectivity index (χ4n) is 3.23. The van der Waals surface area contributed by atoms with Crippen molar-refractivity contribution < 1.29 is 9.47 Å². The van der Waals surface area contributed by atoms with Gasteiger partial charge in [-0.15, -0.1) is 0 Å². The Morgan fingerprint density at radius 2 is 1.76 bits per heavy atom. The van der Waals surface area contributed by atoms with Crippen molar-refractivity contribution in [2.75, 3.05) is 6.61 Å². The van der Waals surface area contributed by atoms with Crippen molar-refractivity contribution in [2.45, 2.75) is 31.9 Å². The largest absolute Gasteiger partial charge is 0.493 e. The van der Waals surface area contributed by atoms with E-state index >= 15 is 0 Å². The van der Waals surface area contributed by atoms with Gasteiger partial charge in [-0.05, 0) is 41.3 Å². The molecular weight excluding hydrogens is 262 g/mol. The van der Waals surface area contributed by atoms with Crippen LogP contribution in [0.1, 0.15) is 35.2 Å². The van der Waals surface area contributed by atoms with E-state index in [0.717, 1.165) is 42.1 Å². The highest BCUT2D eigenvalue weighted by Crippen LogP contribution is 2.33. The first-order valence-corrected chi connectivity index (χ1v) is 7.51. The first-order valence-electron chi connectivity index (χ1n) is 7.51. The SMILES string of the molecule is CC1Cc2cc(C(N)c3ccc4c(c3)CCO4)ccc2O1. The molecule has 4 rings (SSSR count). The zero-order chi connectivity index (χ0) is 14.4. The van der Waals surface area contributed by atoms with Crippen LogP contribution in [0.3, 0.4) is 0 Å². The van der Waals surface area contributed by atoms with Gasteiger partial charge in [-0.1, -0.05) is 24.3 Å². The minimum absolute atomic E-state index is 0.0999. The average molecular weight is 281 g/mol. The minimum Gasteiger partial charge on any atom is -0.493 e. The predicted octanol–water partition coefficient (Wildman–Crippen LogP) is 2.99. The van der Waals surface area contributed by atoms with Gasteiger partial charge in [0.1, 0.15) is 17.6 Å². The van der Waals surface area contributed by atoms with Crippen molar-refractivity contribution in [3.63, 3.8) is 0 Å². The van der Waals surface area contributed by atoms with Crippen molar-refractivity contribution in [1.29, 1.82) is 0 Å². The summed E-state index contributed by atoms with van der Waals surface area (Å²) in [6, 6.07) is 12.5. The summed E-state index contributed by atoms with van der Waals surface area (Å²) in [6.45, 7) is 2.88. The van der Waals surface area contributed by atoms with E-state index in [-0.39, 0.29) is 12.1 Å². The number of hydrogen-bond acceptors (Lipinski definition) is 3. The monoisotopic (exact) mass is 281 g/mol. The van der Waals surface area contributed by atoms with Gasteiger partial charge in [0.2, 0.25) is 0 Å². The molecule has 0 saturated heterocycles. The molecule has 0 aliphatic carbocycles. The lowest BCUT2D eigenvalue weighted by atomic mass is 9.95. The van der Waals surface area contributed by atoms with Gasteiger partial charge in [0.05, 0.1) is 12.6 Å². The molecule has 2 aliphatic heterocycles. The predicted molar refractivity (Wildman–Crippen MR) is 81.9 cm³/mol. The molecule has 2 unspecified atom stereocenters. The molecule has 0 amide bonds. The van der Waals surface area contributed by atoms with Crippen LogP contribution in [0.25, 0.3) is 0 Å². The van der Waals surface area contributed by atoms with Crippen LogP contribution in [-0.2, 0) is 12.8 Å². The first kappa shape index (κ1) is 12.7. The van der Waals surface area contributed by atoms with Gasteiger partial charge in [-0.3, -0.25) is 0 Å². The topological polar surface area (TPSA) is 44.5 Å². The zero-order valence-corrected chi connectivity index (χ0v) is 12.1. The van der Waals surface area contributed by atoms with Crippen LogP contribution in [0.2, 0.25) is 0 Å². The van der Waals surface area contributed by atoms with Gasteiger partial charge in [0.25, 0.3) is 0 Å². The Bertz CT molecular complexity index is 696. The van der Waals surface area contributed by atoms with Gasteiger partial charge in [-0.25, -0.2) is 0 Å². The number of rotatable bonds is 2. The Labute approximate surface area is 124 Å². The summed E-state index contributed by atoms with van der Waals surface area (Å²) in [5.74, 6) is 2.00. The van der Waals surface area contributed by atoms with Crippen molar-refractivity contribution in [1.82, 2.24) is 0 Å². The van der Waals surface area contributed by atoms with Crippen molar-refractivity contribution in [3.05, 3.63) is 58.7 Å². The van der Waals surface area contributed by atoms with E-state index in [1.807, 2.05) is 12.1 Å². The molecule has 0 bridgehead atoms. The van der Waals surface area contributed by atoms with Gasteiger partial charge < -0.3 is 15.2 Å². The molecule has 2 heterocycles. The standard InChI is InChI=1S/C18H19NO2/c1-11-8-15-10-14(3-5-17(15)21-11)18(19)13-2-4-16-12(9-13)6-7-20-16/h2-5,9-11,18H,6-8,19H2,1H3. The molecule has 2 N–H and O–H groups in total. The second kappa shape index (κ2) is 4.78. The number of ether oxygens (including phenoxy) is 2. The van der Waals surface area contributed by atoms with Crippen LogP contribution < -0.4 is 15.2 Å². The normalized spacial score (nSPS) is 20.4. The van der Waals surface area contributed by atoms with Gasteiger partial charge >= 0.3 is 0 Å². The second-order valence-electron chi connectivity index (χ2n) is 5.94.